The number of esters is 1. The predicted octanol–water partition coefficient (Wildman–Crippen LogP) is 3.81. The third kappa shape index (κ3) is 5.40. The molecule has 28 heavy (non-hydrogen) atoms. The predicted molar refractivity (Wildman–Crippen MR) is 94.8 cm³/mol. The highest BCUT2D eigenvalue weighted by Gasteiger charge is 2.42. The Labute approximate surface area is 165 Å². The fourth-order valence-electron chi connectivity index (χ4n) is 3.48. The van der Waals surface area contributed by atoms with Crippen LogP contribution in [0.15, 0.2) is 0 Å². The average molecular weight is 422 g/mol. The summed E-state index contributed by atoms with van der Waals surface area (Å²) >= 11 is 5.89. The Bertz CT molecular complexity index is 726. The highest BCUT2D eigenvalue weighted by atomic mass is 35.5. The van der Waals surface area contributed by atoms with E-state index in [1.807, 2.05) is 0 Å². The summed E-state index contributed by atoms with van der Waals surface area (Å²) < 4.78 is 45.2. The number of hydrogen-bond acceptors (Lipinski definition) is 4. The van der Waals surface area contributed by atoms with Crippen LogP contribution in [0.3, 0.4) is 0 Å². The molecule has 0 unspecified atom stereocenters. The van der Waals surface area contributed by atoms with E-state index < -0.39 is 29.5 Å². The number of ether oxygens (including phenoxy) is 1. The summed E-state index contributed by atoms with van der Waals surface area (Å²) in [6.07, 6.45) is 1.80. The van der Waals surface area contributed by atoms with Crippen LogP contribution in [-0.2, 0) is 27.0 Å². The van der Waals surface area contributed by atoms with Gasteiger partial charge in [-0.3, -0.25) is 14.3 Å². The summed E-state index contributed by atoms with van der Waals surface area (Å²) in [4.78, 5) is 23.8. The lowest BCUT2D eigenvalue weighted by atomic mass is 9.95. The second-order valence-electron chi connectivity index (χ2n) is 7.36. The number of carbonyl (C=O) groups excluding carboxylic acids is 2. The zero-order valence-electron chi connectivity index (χ0n) is 15.4. The highest BCUT2D eigenvalue weighted by Crippen LogP contribution is 2.46. The average Bonchev–Trinajstić information content (AvgIpc) is 3.41. The number of carbonyl (C=O) groups is 2. The van der Waals surface area contributed by atoms with Crippen LogP contribution in [0, 0.1) is 0 Å². The number of rotatable bonds is 7. The SMILES string of the molecule is O=C(COC(=O)CCn1nc(C(F)(F)F)c(Cl)c1C1CC1)NC1CCCCC1. The molecule has 0 saturated heterocycles. The summed E-state index contributed by atoms with van der Waals surface area (Å²) in [6, 6.07) is 0.119. The van der Waals surface area contributed by atoms with Crippen LogP contribution in [0.1, 0.15) is 68.7 Å². The maximum absolute atomic E-state index is 13.0. The van der Waals surface area contributed by atoms with Gasteiger partial charge in [-0.25, -0.2) is 0 Å². The Kier molecular flexibility index (Phi) is 6.52. The van der Waals surface area contributed by atoms with Crippen molar-refractivity contribution in [2.24, 2.45) is 0 Å². The van der Waals surface area contributed by atoms with E-state index in [9.17, 15) is 22.8 Å². The molecule has 2 fully saturated rings. The van der Waals surface area contributed by atoms with Gasteiger partial charge < -0.3 is 10.1 Å². The smallest absolute Gasteiger partial charge is 0.436 e. The quantitative estimate of drug-likeness (QED) is 0.679. The van der Waals surface area contributed by atoms with Crippen molar-refractivity contribution in [1.82, 2.24) is 15.1 Å². The minimum absolute atomic E-state index is 0.0617. The number of aromatic nitrogens is 2. The Morgan fingerprint density at radius 1 is 1.18 bits per heavy atom. The normalized spacial score (nSPS) is 18.1. The summed E-state index contributed by atoms with van der Waals surface area (Å²) in [5, 5.41) is 6.00. The molecule has 1 heterocycles. The minimum atomic E-state index is -4.65. The zero-order valence-corrected chi connectivity index (χ0v) is 16.1. The molecule has 0 atom stereocenters. The number of hydrogen-bond donors (Lipinski definition) is 1. The molecule has 6 nitrogen and oxygen atoms in total. The van der Waals surface area contributed by atoms with E-state index in [2.05, 4.69) is 10.4 Å². The molecule has 2 saturated carbocycles. The van der Waals surface area contributed by atoms with Crippen LogP contribution in [0.5, 0.6) is 0 Å². The lowest BCUT2D eigenvalue weighted by Gasteiger charge is -2.22. The van der Waals surface area contributed by atoms with Gasteiger partial charge >= 0.3 is 12.1 Å². The lowest BCUT2D eigenvalue weighted by Crippen LogP contribution is -2.38. The largest absolute Gasteiger partial charge is 0.456 e. The molecule has 0 aromatic carbocycles. The van der Waals surface area contributed by atoms with Crippen LogP contribution in [-0.4, -0.2) is 34.3 Å². The van der Waals surface area contributed by atoms with Crippen molar-refractivity contribution in [2.45, 2.75) is 76.0 Å². The molecule has 1 aromatic rings. The van der Waals surface area contributed by atoms with E-state index >= 15 is 0 Å². The van der Waals surface area contributed by atoms with Gasteiger partial charge in [0.1, 0.15) is 0 Å². The van der Waals surface area contributed by atoms with Crippen molar-refractivity contribution in [2.75, 3.05) is 6.61 Å². The van der Waals surface area contributed by atoms with E-state index in [0.717, 1.165) is 49.6 Å². The Balaban J connectivity index is 1.49. The van der Waals surface area contributed by atoms with Crippen LogP contribution >= 0.6 is 11.6 Å². The summed E-state index contributed by atoms with van der Waals surface area (Å²) in [5.41, 5.74) is -0.812. The molecular formula is C18H23ClF3N3O3. The second kappa shape index (κ2) is 8.71. The molecule has 2 aliphatic rings. The topological polar surface area (TPSA) is 73.2 Å². The van der Waals surface area contributed by atoms with E-state index in [4.69, 9.17) is 16.3 Å². The van der Waals surface area contributed by atoms with E-state index in [-0.39, 0.29) is 30.8 Å². The maximum atomic E-state index is 13.0. The van der Waals surface area contributed by atoms with Gasteiger partial charge in [0, 0.05) is 12.0 Å². The van der Waals surface area contributed by atoms with Gasteiger partial charge in [-0.1, -0.05) is 30.9 Å². The molecule has 0 aliphatic heterocycles. The van der Waals surface area contributed by atoms with Gasteiger partial charge in [-0.15, -0.1) is 0 Å². The molecule has 3 rings (SSSR count). The number of nitrogens with one attached hydrogen (secondary N) is 1. The van der Waals surface area contributed by atoms with E-state index in [1.165, 1.54) is 0 Å². The molecule has 2 aliphatic carbocycles. The standard InChI is InChI=1S/C18H23ClF3N3O3/c19-15-16(11-6-7-11)25(24-17(15)18(20,21)22)9-8-14(27)28-10-13(26)23-12-4-2-1-3-5-12/h11-12H,1-10H2,(H,23,26). The summed E-state index contributed by atoms with van der Waals surface area (Å²) in [6.45, 7) is -0.469. The Hall–Kier alpha value is -1.77. The van der Waals surface area contributed by atoms with Crippen molar-refractivity contribution >= 4 is 23.5 Å². The molecule has 1 aromatic heterocycles. The van der Waals surface area contributed by atoms with Crippen molar-refractivity contribution in [3.63, 3.8) is 0 Å². The molecule has 1 amide bonds. The molecule has 1 N–H and O–H groups in total. The first-order valence-electron chi connectivity index (χ1n) is 9.54. The second-order valence-corrected chi connectivity index (χ2v) is 7.73. The van der Waals surface area contributed by atoms with Gasteiger partial charge in [-0.05, 0) is 25.7 Å². The van der Waals surface area contributed by atoms with Crippen molar-refractivity contribution in [1.29, 1.82) is 0 Å². The number of amides is 1. The van der Waals surface area contributed by atoms with Crippen LogP contribution < -0.4 is 5.32 Å². The number of aryl methyl sites for hydroxylation is 1. The lowest BCUT2D eigenvalue weighted by molar-refractivity contribution is -0.149. The summed E-state index contributed by atoms with van der Waals surface area (Å²) in [7, 11) is 0. The Morgan fingerprint density at radius 3 is 2.46 bits per heavy atom. The maximum Gasteiger partial charge on any atom is 0.436 e. The van der Waals surface area contributed by atoms with Crippen molar-refractivity contribution < 1.29 is 27.5 Å². The fraction of sp³-hybridized carbons (Fsp3) is 0.722. The van der Waals surface area contributed by atoms with Crippen LogP contribution in [0.4, 0.5) is 13.2 Å². The first-order valence-corrected chi connectivity index (χ1v) is 9.92. The first kappa shape index (κ1) is 21.0. The molecule has 156 valence electrons. The van der Waals surface area contributed by atoms with Gasteiger partial charge in [-0.2, -0.15) is 18.3 Å². The Morgan fingerprint density at radius 2 is 1.86 bits per heavy atom. The summed E-state index contributed by atoms with van der Waals surface area (Å²) in [5.74, 6) is -1.09. The van der Waals surface area contributed by atoms with Crippen LogP contribution in [0.2, 0.25) is 5.02 Å². The van der Waals surface area contributed by atoms with Crippen molar-refractivity contribution in [3.8, 4) is 0 Å². The number of alkyl halides is 3. The fourth-order valence-corrected chi connectivity index (χ4v) is 3.88. The van der Waals surface area contributed by atoms with Gasteiger partial charge in [0.05, 0.1) is 23.7 Å². The zero-order chi connectivity index (χ0) is 20.3. The number of nitrogens with zero attached hydrogens (tertiary/aromatic N) is 2. The molecule has 0 spiro atoms. The van der Waals surface area contributed by atoms with Crippen molar-refractivity contribution in [3.05, 3.63) is 16.4 Å². The van der Waals surface area contributed by atoms with Gasteiger partial charge in [0.25, 0.3) is 5.91 Å². The molecular weight excluding hydrogens is 399 g/mol. The molecule has 0 bridgehead atoms. The first-order chi connectivity index (χ1) is 13.3. The molecule has 0 radical (unpaired) electrons. The highest BCUT2D eigenvalue weighted by molar-refractivity contribution is 6.32. The van der Waals surface area contributed by atoms with Gasteiger partial charge in [0.15, 0.2) is 12.3 Å². The minimum Gasteiger partial charge on any atom is -0.456 e. The van der Waals surface area contributed by atoms with E-state index in [1.54, 1.807) is 0 Å². The third-order valence-corrected chi connectivity index (χ3v) is 5.40. The van der Waals surface area contributed by atoms with Crippen LogP contribution in [0.25, 0.3) is 0 Å². The van der Waals surface area contributed by atoms with Gasteiger partial charge in [0.2, 0.25) is 0 Å². The van der Waals surface area contributed by atoms with E-state index in [0.29, 0.717) is 5.69 Å². The third-order valence-electron chi connectivity index (χ3n) is 5.03. The molecule has 10 heteroatoms. The monoisotopic (exact) mass is 421 g/mol. The number of halogens is 4.